The molecule has 1 N–H and O–H groups in total. The van der Waals surface area contributed by atoms with E-state index < -0.39 is 33.5 Å². The van der Waals surface area contributed by atoms with Crippen LogP contribution in [0.1, 0.15) is 19.3 Å². The fraction of sp³-hybridized carbons (Fsp3) is 0.778. The zero-order valence-corrected chi connectivity index (χ0v) is 9.87. The van der Waals surface area contributed by atoms with Crippen molar-refractivity contribution in [3.63, 3.8) is 0 Å². The number of rotatable bonds is 3. The summed E-state index contributed by atoms with van der Waals surface area (Å²) in [4.78, 5) is 23.7. The molecule has 0 saturated carbocycles. The Bertz CT molecular complexity index is 389. The Hall–Kier alpha value is -1.11. The molecule has 1 amide bonds. The lowest BCUT2D eigenvalue weighted by Gasteiger charge is -2.32. The minimum atomic E-state index is -3.41. The van der Waals surface area contributed by atoms with Crippen molar-refractivity contribution in [3.05, 3.63) is 0 Å². The van der Waals surface area contributed by atoms with Crippen LogP contribution in [-0.2, 0) is 19.4 Å². The van der Waals surface area contributed by atoms with Crippen molar-refractivity contribution in [2.75, 3.05) is 18.6 Å². The van der Waals surface area contributed by atoms with Gasteiger partial charge >= 0.3 is 5.97 Å². The second-order valence-electron chi connectivity index (χ2n) is 4.01. The number of hydrogen-bond acceptors (Lipinski definition) is 4. The molecule has 1 fully saturated rings. The fourth-order valence-electron chi connectivity index (χ4n) is 1.79. The number of aliphatic carboxylic acids is 1. The highest BCUT2D eigenvalue weighted by atomic mass is 32.2. The maximum Gasteiger partial charge on any atom is 0.326 e. The zero-order valence-electron chi connectivity index (χ0n) is 9.05. The highest BCUT2D eigenvalue weighted by molar-refractivity contribution is 7.91. The van der Waals surface area contributed by atoms with Crippen LogP contribution >= 0.6 is 0 Å². The summed E-state index contributed by atoms with van der Waals surface area (Å²) in [7, 11) is -3.41. The second-order valence-corrected chi connectivity index (χ2v) is 6.15. The Kier molecular flexibility index (Phi) is 3.90. The molecule has 1 saturated heterocycles. The van der Waals surface area contributed by atoms with Crippen LogP contribution in [0.25, 0.3) is 0 Å². The van der Waals surface area contributed by atoms with Gasteiger partial charge in [-0.25, -0.2) is 13.2 Å². The molecule has 0 aliphatic carbocycles. The topological polar surface area (TPSA) is 91.8 Å². The summed E-state index contributed by atoms with van der Waals surface area (Å²) < 4.78 is 21.9. The minimum Gasteiger partial charge on any atom is -0.480 e. The molecule has 1 rings (SSSR count). The van der Waals surface area contributed by atoms with Gasteiger partial charge in [-0.15, -0.1) is 0 Å². The molecule has 0 bridgehead atoms. The smallest absolute Gasteiger partial charge is 0.326 e. The summed E-state index contributed by atoms with van der Waals surface area (Å²) in [5.41, 5.74) is 0. The van der Waals surface area contributed by atoms with E-state index >= 15 is 0 Å². The Morgan fingerprint density at radius 3 is 2.50 bits per heavy atom. The first-order valence-electron chi connectivity index (χ1n) is 5.01. The van der Waals surface area contributed by atoms with Crippen molar-refractivity contribution in [2.24, 2.45) is 0 Å². The molecular formula is C9H15NO5S. The molecule has 1 aliphatic heterocycles. The number of carboxylic acid groups (broad SMARTS) is 1. The van der Waals surface area contributed by atoms with Gasteiger partial charge in [0.05, 0.1) is 0 Å². The van der Waals surface area contributed by atoms with Crippen LogP contribution in [0, 0.1) is 0 Å². The quantitative estimate of drug-likeness (QED) is 0.727. The third kappa shape index (κ3) is 3.48. The summed E-state index contributed by atoms with van der Waals surface area (Å²) >= 11 is 0. The molecule has 0 aromatic rings. The predicted molar refractivity (Wildman–Crippen MR) is 56.7 cm³/mol. The van der Waals surface area contributed by atoms with Gasteiger partial charge in [0, 0.05) is 12.8 Å². The summed E-state index contributed by atoms with van der Waals surface area (Å²) in [5.74, 6) is -2.30. The lowest BCUT2D eigenvalue weighted by Crippen LogP contribution is -2.49. The summed E-state index contributed by atoms with van der Waals surface area (Å²) in [6.45, 7) is 0.325. The van der Waals surface area contributed by atoms with Crippen LogP contribution in [0.2, 0.25) is 0 Å². The Morgan fingerprint density at radius 2 is 2.00 bits per heavy atom. The van der Waals surface area contributed by atoms with E-state index in [0.717, 1.165) is 24.0 Å². The van der Waals surface area contributed by atoms with E-state index in [1.54, 1.807) is 0 Å². The van der Waals surface area contributed by atoms with E-state index in [9.17, 15) is 18.0 Å². The molecule has 0 aromatic heterocycles. The first kappa shape index (κ1) is 13.0. The number of hydrogen-bond donors (Lipinski definition) is 1. The zero-order chi connectivity index (χ0) is 12.3. The molecule has 7 heteroatoms. The SMILES string of the molecule is CS(=O)(=O)CC(=O)N1CCCC[C@H]1C(=O)O. The second kappa shape index (κ2) is 4.82. The van der Waals surface area contributed by atoms with Crippen LogP contribution < -0.4 is 0 Å². The molecule has 1 heterocycles. The van der Waals surface area contributed by atoms with Gasteiger partial charge in [-0.05, 0) is 19.3 Å². The van der Waals surface area contributed by atoms with Crippen LogP contribution in [-0.4, -0.2) is 54.9 Å². The normalized spacial score (nSPS) is 21.8. The molecule has 0 radical (unpaired) electrons. The average molecular weight is 249 g/mol. The molecule has 1 atom stereocenters. The van der Waals surface area contributed by atoms with E-state index in [2.05, 4.69) is 0 Å². The highest BCUT2D eigenvalue weighted by Gasteiger charge is 2.32. The third-order valence-corrected chi connectivity index (χ3v) is 3.27. The first-order chi connectivity index (χ1) is 7.31. The molecule has 6 nitrogen and oxygen atoms in total. The number of nitrogens with zero attached hydrogens (tertiary/aromatic N) is 1. The third-order valence-electron chi connectivity index (χ3n) is 2.49. The van der Waals surface area contributed by atoms with Crippen LogP contribution in [0.5, 0.6) is 0 Å². The molecule has 0 aromatic carbocycles. The molecule has 92 valence electrons. The van der Waals surface area contributed by atoms with Crippen molar-refractivity contribution in [1.82, 2.24) is 4.90 Å². The Balaban J connectivity index is 2.76. The van der Waals surface area contributed by atoms with Crippen molar-refractivity contribution >= 4 is 21.7 Å². The van der Waals surface area contributed by atoms with Crippen molar-refractivity contribution < 1.29 is 23.1 Å². The predicted octanol–water partition coefficient (Wildman–Crippen LogP) is -0.503. The number of carboxylic acids is 1. The van der Waals surface area contributed by atoms with Crippen molar-refractivity contribution in [1.29, 1.82) is 0 Å². The lowest BCUT2D eigenvalue weighted by atomic mass is 10.0. The number of carbonyl (C=O) groups is 2. The molecular weight excluding hydrogens is 234 g/mol. The molecule has 0 unspecified atom stereocenters. The number of sulfone groups is 1. The largest absolute Gasteiger partial charge is 0.480 e. The number of piperidine rings is 1. The van der Waals surface area contributed by atoms with Crippen molar-refractivity contribution in [2.45, 2.75) is 25.3 Å². The van der Waals surface area contributed by atoms with Gasteiger partial charge in [-0.1, -0.05) is 0 Å². The standard InChI is InChI=1S/C9H15NO5S/c1-16(14,15)6-8(11)10-5-3-2-4-7(10)9(12)13/h7H,2-6H2,1H3,(H,12,13)/t7-/m0/s1. The molecule has 1 aliphatic rings. The summed E-state index contributed by atoms with van der Waals surface area (Å²) in [6.07, 6.45) is 2.83. The van der Waals surface area contributed by atoms with Gasteiger partial charge in [0.15, 0.2) is 9.84 Å². The molecule has 0 spiro atoms. The van der Waals surface area contributed by atoms with Gasteiger partial charge in [0.25, 0.3) is 0 Å². The number of carbonyl (C=O) groups excluding carboxylic acids is 1. The first-order valence-corrected chi connectivity index (χ1v) is 7.07. The van der Waals surface area contributed by atoms with Crippen LogP contribution in [0.3, 0.4) is 0 Å². The van der Waals surface area contributed by atoms with Gasteiger partial charge in [-0.3, -0.25) is 4.79 Å². The van der Waals surface area contributed by atoms with Crippen LogP contribution in [0.4, 0.5) is 0 Å². The van der Waals surface area contributed by atoms with Gasteiger partial charge in [0.1, 0.15) is 11.8 Å². The lowest BCUT2D eigenvalue weighted by molar-refractivity contribution is -0.151. The van der Waals surface area contributed by atoms with E-state index in [4.69, 9.17) is 5.11 Å². The maximum atomic E-state index is 11.6. The molecule has 16 heavy (non-hydrogen) atoms. The van der Waals surface area contributed by atoms with E-state index in [0.29, 0.717) is 13.0 Å². The Labute approximate surface area is 94.2 Å². The highest BCUT2D eigenvalue weighted by Crippen LogP contribution is 2.17. The fourth-order valence-corrected chi connectivity index (χ4v) is 2.41. The Morgan fingerprint density at radius 1 is 1.38 bits per heavy atom. The van der Waals surface area contributed by atoms with Gasteiger partial charge in [-0.2, -0.15) is 0 Å². The summed E-state index contributed by atoms with van der Waals surface area (Å²) in [6, 6.07) is -0.872. The van der Waals surface area contributed by atoms with Gasteiger partial charge < -0.3 is 10.0 Å². The van der Waals surface area contributed by atoms with Gasteiger partial charge in [0.2, 0.25) is 5.91 Å². The number of likely N-dealkylation sites (tertiary alicyclic amines) is 1. The van der Waals surface area contributed by atoms with E-state index in [1.165, 1.54) is 0 Å². The van der Waals surface area contributed by atoms with E-state index in [1.807, 2.05) is 0 Å². The van der Waals surface area contributed by atoms with Crippen LogP contribution in [0.15, 0.2) is 0 Å². The maximum absolute atomic E-state index is 11.6. The average Bonchev–Trinajstić information content (AvgIpc) is 2.15. The number of amides is 1. The van der Waals surface area contributed by atoms with E-state index in [-0.39, 0.29) is 0 Å². The minimum absolute atomic E-state index is 0.325. The monoisotopic (exact) mass is 249 g/mol. The van der Waals surface area contributed by atoms with Crippen molar-refractivity contribution in [3.8, 4) is 0 Å². The summed E-state index contributed by atoms with van der Waals surface area (Å²) in [5, 5.41) is 8.91.